The van der Waals surface area contributed by atoms with Crippen molar-refractivity contribution in [2.75, 3.05) is 19.5 Å². The van der Waals surface area contributed by atoms with E-state index in [0.717, 1.165) is 16.8 Å². The molecule has 1 aromatic carbocycles. The minimum absolute atomic E-state index is 0.000298. The molecule has 4 heteroatoms. The summed E-state index contributed by atoms with van der Waals surface area (Å²) in [6.07, 6.45) is 6.67. The minimum Gasteiger partial charge on any atom is -0.497 e. The quantitative estimate of drug-likeness (QED) is 0.768. The highest BCUT2D eigenvalue weighted by atomic mass is 32.2. The monoisotopic (exact) mass is 320 g/mol. The summed E-state index contributed by atoms with van der Waals surface area (Å²) in [5, 5.41) is 0.735. The van der Waals surface area contributed by atoms with Crippen LogP contribution in [0.3, 0.4) is 0 Å². The molecule has 0 N–H and O–H groups in total. The normalized spacial score (nSPS) is 26.0. The zero-order valence-corrected chi connectivity index (χ0v) is 13.9. The van der Waals surface area contributed by atoms with Crippen LogP contribution in [-0.2, 0) is 9.53 Å². The molecule has 2 unspecified atom stereocenters. The fraction of sp³-hybridized carbons (Fsp3) is 0.611. The third kappa shape index (κ3) is 3.60. The Morgan fingerprint density at radius 3 is 2.59 bits per heavy atom. The van der Waals surface area contributed by atoms with Gasteiger partial charge in [0.05, 0.1) is 19.6 Å². The molecule has 0 spiro atoms. The lowest BCUT2D eigenvalue weighted by Crippen LogP contribution is -2.20. The summed E-state index contributed by atoms with van der Waals surface area (Å²) in [5.41, 5.74) is 1.18. The van der Waals surface area contributed by atoms with Gasteiger partial charge in [0, 0.05) is 16.9 Å². The number of esters is 1. The van der Waals surface area contributed by atoms with Gasteiger partial charge < -0.3 is 9.47 Å². The van der Waals surface area contributed by atoms with Crippen molar-refractivity contribution < 1.29 is 14.3 Å². The molecule has 2 aliphatic rings. The second-order valence-corrected chi connectivity index (χ2v) is 7.54. The van der Waals surface area contributed by atoms with Gasteiger partial charge in [-0.05, 0) is 30.5 Å². The summed E-state index contributed by atoms with van der Waals surface area (Å²) in [4.78, 5) is 12.1. The van der Waals surface area contributed by atoms with Crippen molar-refractivity contribution in [3.05, 3.63) is 29.8 Å². The predicted molar refractivity (Wildman–Crippen MR) is 89.5 cm³/mol. The first-order valence-corrected chi connectivity index (χ1v) is 9.25. The summed E-state index contributed by atoms with van der Waals surface area (Å²) < 4.78 is 10.5. The summed E-state index contributed by atoms with van der Waals surface area (Å²) in [5.74, 6) is 1.90. The summed E-state index contributed by atoms with van der Waals surface area (Å²) in [7, 11) is 1.67. The van der Waals surface area contributed by atoms with Crippen molar-refractivity contribution >= 4 is 17.7 Å². The van der Waals surface area contributed by atoms with Crippen molar-refractivity contribution in [2.24, 2.45) is 5.92 Å². The van der Waals surface area contributed by atoms with Crippen molar-refractivity contribution in [1.82, 2.24) is 0 Å². The van der Waals surface area contributed by atoms with E-state index in [1.54, 1.807) is 7.11 Å². The lowest BCUT2D eigenvalue weighted by Gasteiger charge is -2.23. The number of rotatable bonds is 5. The first-order valence-electron chi connectivity index (χ1n) is 8.20. The number of ether oxygens (including phenoxy) is 2. The fourth-order valence-corrected chi connectivity index (χ4v) is 4.91. The number of thioether (sulfide) groups is 1. The maximum absolute atomic E-state index is 12.1. The number of benzene rings is 1. The largest absolute Gasteiger partial charge is 0.497 e. The van der Waals surface area contributed by atoms with Crippen LogP contribution in [0.2, 0.25) is 0 Å². The van der Waals surface area contributed by atoms with Crippen molar-refractivity contribution in [3.8, 4) is 5.75 Å². The van der Waals surface area contributed by atoms with Gasteiger partial charge in [-0.15, -0.1) is 0 Å². The number of carbonyl (C=O) groups excluding carboxylic acids is 1. The van der Waals surface area contributed by atoms with Gasteiger partial charge in [0.1, 0.15) is 5.75 Å². The Labute approximate surface area is 136 Å². The zero-order valence-electron chi connectivity index (χ0n) is 13.1. The van der Waals surface area contributed by atoms with Crippen LogP contribution in [-0.4, -0.2) is 30.7 Å². The SMILES string of the molecule is COc1ccc(C2COC(=O)C2CSC2CCCCC2)cc1. The van der Waals surface area contributed by atoms with E-state index in [4.69, 9.17) is 9.47 Å². The van der Waals surface area contributed by atoms with Crippen LogP contribution in [0.25, 0.3) is 0 Å². The van der Waals surface area contributed by atoms with E-state index in [1.807, 2.05) is 23.9 Å². The third-order valence-electron chi connectivity index (χ3n) is 4.80. The van der Waals surface area contributed by atoms with E-state index in [2.05, 4.69) is 12.1 Å². The molecule has 3 rings (SSSR count). The molecule has 22 heavy (non-hydrogen) atoms. The maximum atomic E-state index is 12.1. The second kappa shape index (κ2) is 7.40. The summed E-state index contributed by atoms with van der Waals surface area (Å²) >= 11 is 1.98. The van der Waals surface area contributed by atoms with Crippen LogP contribution < -0.4 is 4.74 Å². The highest BCUT2D eigenvalue weighted by Crippen LogP contribution is 2.37. The topological polar surface area (TPSA) is 35.5 Å². The Balaban J connectivity index is 1.63. The molecule has 0 bridgehead atoms. The number of methoxy groups -OCH3 is 1. The zero-order chi connectivity index (χ0) is 15.4. The molecule has 1 aromatic rings. The minimum atomic E-state index is -0.0240. The fourth-order valence-electron chi connectivity index (χ4n) is 3.39. The van der Waals surface area contributed by atoms with Gasteiger partial charge in [0.15, 0.2) is 0 Å². The van der Waals surface area contributed by atoms with Crippen LogP contribution in [0.1, 0.15) is 43.6 Å². The van der Waals surface area contributed by atoms with E-state index in [9.17, 15) is 4.79 Å². The Morgan fingerprint density at radius 2 is 1.91 bits per heavy atom. The first-order chi connectivity index (χ1) is 10.8. The molecule has 1 saturated heterocycles. The molecular formula is C18H24O3S. The van der Waals surface area contributed by atoms with Crippen molar-refractivity contribution in [2.45, 2.75) is 43.3 Å². The van der Waals surface area contributed by atoms with Gasteiger partial charge >= 0.3 is 5.97 Å². The average Bonchev–Trinajstić information content (AvgIpc) is 2.95. The molecular weight excluding hydrogens is 296 g/mol. The molecule has 0 radical (unpaired) electrons. The highest BCUT2D eigenvalue weighted by Gasteiger charge is 2.38. The van der Waals surface area contributed by atoms with Crippen LogP contribution in [0.5, 0.6) is 5.75 Å². The molecule has 1 heterocycles. The molecule has 1 aliphatic heterocycles. The first kappa shape index (κ1) is 15.7. The van der Waals surface area contributed by atoms with Gasteiger partial charge in [-0.2, -0.15) is 11.8 Å². The lowest BCUT2D eigenvalue weighted by atomic mass is 9.90. The van der Waals surface area contributed by atoms with Crippen LogP contribution in [0.15, 0.2) is 24.3 Å². The Hall–Kier alpha value is -1.16. The molecule has 2 atom stereocenters. The molecule has 3 nitrogen and oxygen atoms in total. The van der Waals surface area contributed by atoms with E-state index in [0.29, 0.717) is 6.61 Å². The number of hydrogen-bond acceptors (Lipinski definition) is 4. The Bertz CT molecular complexity index is 494. The van der Waals surface area contributed by atoms with Gasteiger partial charge in [0.2, 0.25) is 0 Å². The average molecular weight is 320 g/mol. The highest BCUT2D eigenvalue weighted by molar-refractivity contribution is 7.99. The molecule has 1 saturated carbocycles. The maximum Gasteiger partial charge on any atom is 0.310 e. The number of hydrogen-bond donors (Lipinski definition) is 0. The van der Waals surface area contributed by atoms with Crippen molar-refractivity contribution in [3.63, 3.8) is 0 Å². The van der Waals surface area contributed by atoms with Crippen LogP contribution in [0, 0.1) is 5.92 Å². The molecule has 2 fully saturated rings. The van der Waals surface area contributed by atoms with E-state index < -0.39 is 0 Å². The van der Waals surface area contributed by atoms with Gasteiger partial charge in [-0.1, -0.05) is 31.4 Å². The Kier molecular flexibility index (Phi) is 5.29. The molecule has 120 valence electrons. The lowest BCUT2D eigenvalue weighted by molar-refractivity contribution is -0.140. The van der Waals surface area contributed by atoms with Gasteiger partial charge in [0.25, 0.3) is 0 Å². The Morgan fingerprint density at radius 1 is 1.18 bits per heavy atom. The molecule has 1 aliphatic carbocycles. The van der Waals surface area contributed by atoms with Gasteiger partial charge in [-0.3, -0.25) is 4.79 Å². The van der Waals surface area contributed by atoms with E-state index in [1.165, 1.54) is 37.7 Å². The van der Waals surface area contributed by atoms with Crippen molar-refractivity contribution in [1.29, 1.82) is 0 Å². The summed E-state index contributed by atoms with van der Waals surface area (Å²) in [6, 6.07) is 8.04. The number of cyclic esters (lactones) is 1. The van der Waals surface area contributed by atoms with E-state index in [-0.39, 0.29) is 17.8 Å². The van der Waals surface area contributed by atoms with Gasteiger partial charge in [-0.25, -0.2) is 0 Å². The third-order valence-corrected chi connectivity index (χ3v) is 6.30. The molecule has 0 aromatic heterocycles. The smallest absolute Gasteiger partial charge is 0.310 e. The number of carbonyl (C=O) groups is 1. The predicted octanol–water partition coefficient (Wildman–Crippen LogP) is 4.02. The van der Waals surface area contributed by atoms with E-state index >= 15 is 0 Å². The van der Waals surface area contributed by atoms with Crippen LogP contribution in [0.4, 0.5) is 0 Å². The summed E-state index contributed by atoms with van der Waals surface area (Å²) in [6.45, 7) is 0.515. The standard InChI is InChI=1S/C18H24O3S/c1-20-14-9-7-13(8-10-14)16-11-21-18(19)17(16)12-22-15-5-3-2-4-6-15/h7-10,15-17H,2-6,11-12H2,1H3. The van der Waals surface area contributed by atoms with Crippen LogP contribution >= 0.6 is 11.8 Å². The molecule has 0 amide bonds. The second-order valence-electron chi connectivity index (χ2n) is 6.21.